The Labute approximate surface area is 121 Å². The van der Waals surface area contributed by atoms with E-state index in [-0.39, 0.29) is 13.2 Å². The molecule has 0 spiro atoms. The molecule has 20 heavy (non-hydrogen) atoms. The Kier molecular flexibility index (Phi) is 6.65. The normalized spacial score (nSPS) is 24.6. The number of amides is 1. The number of nitrogens with one attached hydrogen (secondary N) is 1. The van der Waals surface area contributed by atoms with Crippen LogP contribution in [0.15, 0.2) is 12.2 Å². The van der Waals surface area contributed by atoms with Gasteiger partial charge in [-0.05, 0) is 38.5 Å². The van der Waals surface area contributed by atoms with Crippen molar-refractivity contribution in [2.75, 3.05) is 19.8 Å². The highest BCUT2D eigenvalue weighted by atomic mass is 16.5. The second kappa shape index (κ2) is 7.76. The maximum Gasteiger partial charge on any atom is 0.237 e. The van der Waals surface area contributed by atoms with Crippen molar-refractivity contribution in [1.82, 2.24) is 5.32 Å². The molecule has 5 nitrogen and oxygen atoms in total. The molecule has 3 unspecified atom stereocenters. The Morgan fingerprint density at radius 1 is 1.50 bits per heavy atom. The summed E-state index contributed by atoms with van der Waals surface area (Å²) in [5.41, 5.74) is 4.43. The number of nitrogens with two attached hydrogens (primary N) is 1. The third-order valence-electron chi connectivity index (χ3n) is 3.96. The van der Waals surface area contributed by atoms with Crippen LogP contribution >= 0.6 is 0 Å². The van der Waals surface area contributed by atoms with Gasteiger partial charge in [0.15, 0.2) is 0 Å². The van der Waals surface area contributed by atoms with Crippen molar-refractivity contribution < 1.29 is 14.6 Å². The summed E-state index contributed by atoms with van der Waals surface area (Å²) in [6.07, 6.45) is 5.92. The maximum atomic E-state index is 11.1. The van der Waals surface area contributed by atoms with E-state index in [4.69, 9.17) is 10.5 Å². The number of ether oxygens (including phenoxy) is 1. The molecule has 0 radical (unpaired) electrons. The molecule has 0 aliphatic heterocycles. The van der Waals surface area contributed by atoms with Crippen LogP contribution < -0.4 is 11.1 Å². The van der Waals surface area contributed by atoms with E-state index in [9.17, 15) is 9.90 Å². The summed E-state index contributed by atoms with van der Waals surface area (Å²) >= 11 is 0. The van der Waals surface area contributed by atoms with Crippen molar-refractivity contribution in [2.45, 2.75) is 45.3 Å². The fraction of sp³-hybridized carbons (Fsp3) is 0.800. The fourth-order valence-electron chi connectivity index (χ4n) is 2.11. The topological polar surface area (TPSA) is 84.6 Å². The minimum absolute atomic E-state index is 0.273. The molecule has 116 valence electrons. The summed E-state index contributed by atoms with van der Waals surface area (Å²) in [6.45, 7) is 6.84. The highest BCUT2D eigenvalue weighted by molar-refractivity contribution is 5.83. The molecule has 4 N–H and O–H groups in total. The lowest BCUT2D eigenvalue weighted by molar-refractivity contribution is -0.123. The number of hydrogen-bond donors (Lipinski definition) is 3. The van der Waals surface area contributed by atoms with Crippen molar-refractivity contribution in [3.8, 4) is 0 Å². The molecule has 1 aliphatic carbocycles. The first-order valence-corrected chi connectivity index (χ1v) is 7.28. The van der Waals surface area contributed by atoms with Crippen LogP contribution in [-0.2, 0) is 9.53 Å². The second-order valence-corrected chi connectivity index (χ2v) is 6.24. The summed E-state index contributed by atoms with van der Waals surface area (Å²) < 4.78 is 5.59. The molecule has 0 aromatic rings. The molecule has 0 aromatic heterocycles. The first-order chi connectivity index (χ1) is 9.33. The summed E-state index contributed by atoms with van der Waals surface area (Å²) in [6, 6.07) is 0. The Morgan fingerprint density at radius 2 is 2.15 bits per heavy atom. The molecule has 0 saturated carbocycles. The van der Waals surface area contributed by atoms with Gasteiger partial charge in [-0.15, -0.1) is 0 Å². The van der Waals surface area contributed by atoms with Crippen LogP contribution in [0.1, 0.15) is 33.6 Å². The smallest absolute Gasteiger partial charge is 0.237 e. The quantitative estimate of drug-likeness (QED) is 0.576. The Morgan fingerprint density at radius 3 is 2.75 bits per heavy atom. The van der Waals surface area contributed by atoms with Gasteiger partial charge >= 0.3 is 0 Å². The second-order valence-electron chi connectivity index (χ2n) is 6.24. The van der Waals surface area contributed by atoms with Gasteiger partial charge in [0.25, 0.3) is 0 Å². The van der Waals surface area contributed by atoms with Gasteiger partial charge in [-0.25, -0.2) is 0 Å². The van der Waals surface area contributed by atoms with Gasteiger partial charge in [-0.3, -0.25) is 4.79 Å². The van der Waals surface area contributed by atoms with Crippen LogP contribution in [-0.4, -0.2) is 42.4 Å². The van der Waals surface area contributed by atoms with Gasteiger partial charge in [-0.1, -0.05) is 19.1 Å². The molecule has 0 saturated heterocycles. The number of β-amino-alcohol motifs (C(OH)–C–C–N with tert-alkyl or cyclic N) is 1. The van der Waals surface area contributed by atoms with Crippen LogP contribution in [0.5, 0.6) is 0 Å². The molecule has 5 heteroatoms. The third kappa shape index (κ3) is 5.61. The lowest BCUT2D eigenvalue weighted by Crippen LogP contribution is -2.53. The highest BCUT2D eigenvalue weighted by Crippen LogP contribution is 2.24. The fourth-order valence-corrected chi connectivity index (χ4v) is 2.11. The molecular formula is C15H28N2O3. The lowest BCUT2D eigenvalue weighted by Gasteiger charge is -2.26. The van der Waals surface area contributed by atoms with E-state index < -0.39 is 17.6 Å². The van der Waals surface area contributed by atoms with Crippen molar-refractivity contribution in [3.05, 3.63) is 12.2 Å². The molecule has 0 aromatic carbocycles. The molecular weight excluding hydrogens is 256 g/mol. The number of rotatable bonds is 8. The van der Waals surface area contributed by atoms with Gasteiger partial charge in [0.2, 0.25) is 5.91 Å². The van der Waals surface area contributed by atoms with E-state index in [2.05, 4.69) is 24.4 Å². The predicted molar refractivity (Wildman–Crippen MR) is 79.1 cm³/mol. The van der Waals surface area contributed by atoms with Gasteiger partial charge in [0.05, 0.1) is 24.9 Å². The third-order valence-corrected chi connectivity index (χ3v) is 3.96. The summed E-state index contributed by atoms with van der Waals surface area (Å²) in [4.78, 5) is 11.1. The Hall–Kier alpha value is -0.910. The van der Waals surface area contributed by atoms with E-state index in [1.165, 1.54) is 0 Å². The van der Waals surface area contributed by atoms with E-state index in [1.54, 1.807) is 13.8 Å². The number of aliphatic hydroxyl groups excluding tert-OH is 1. The number of carbonyl (C=O) groups is 1. The molecule has 1 rings (SSSR count). The van der Waals surface area contributed by atoms with Gasteiger partial charge < -0.3 is 20.9 Å². The molecule has 1 aliphatic rings. The average molecular weight is 284 g/mol. The number of carbonyl (C=O) groups excluding carboxylic acids is 1. The molecule has 0 heterocycles. The van der Waals surface area contributed by atoms with Crippen LogP contribution in [0.25, 0.3) is 0 Å². The van der Waals surface area contributed by atoms with Crippen molar-refractivity contribution in [2.24, 2.45) is 17.6 Å². The Balaban J connectivity index is 2.18. The average Bonchev–Trinajstić information content (AvgIpc) is 2.38. The number of primary amides is 1. The number of allylic oxidation sites excluding steroid dienone is 2. The number of aliphatic hydroxyl groups is 1. The van der Waals surface area contributed by atoms with Crippen LogP contribution in [0.4, 0.5) is 0 Å². The molecule has 3 atom stereocenters. The van der Waals surface area contributed by atoms with Crippen LogP contribution in [0, 0.1) is 11.8 Å². The molecule has 0 bridgehead atoms. The van der Waals surface area contributed by atoms with Crippen molar-refractivity contribution in [3.63, 3.8) is 0 Å². The zero-order valence-electron chi connectivity index (χ0n) is 12.8. The van der Waals surface area contributed by atoms with Crippen molar-refractivity contribution >= 4 is 5.91 Å². The van der Waals surface area contributed by atoms with E-state index in [0.29, 0.717) is 18.4 Å². The summed E-state index contributed by atoms with van der Waals surface area (Å²) in [7, 11) is 0. The van der Waals surface area contributed by atoms with Gasteiger partial charge in [0, 0.05) is 6.54 Å². The SMILES string of the molecule is CC1CC=CCC1COCC(O)CNC(C)(C)C(N)=O. The number of hydrogen-bond acceptors (Lipinski definition) is 4. The van der Waals surface area contributed by atoms with Crippen LogP contribution in [0.3, 0.4) is 0 Å². The zero-order valence-corrected chi connectivity index (χ0v) is 12.8. The minimum atomic E-state index is -0.816. The van der Waals surface area contributed by atoms with Gasteiger partial charge in [0.1, 0.15) is 0 Å². The standard InChI is InChI=1S/C15H28N2O3/c1-11-6-4-5-7-12(11)9-20-10-13(18)8-17-15(2,3)14(16)19/h4-5,11-13,17-18H,6-10H2,1-3H3,(H2,16,19). The highest BCUT2D eigenvalue weighted by Gasteiger charge is 2.25. The monoisotopic (exact) mass is 284 g/mol. The predicted octanol–water partition coefficient (Wildman–Crippen LogP) is 0.820. The summed E-state index contributed by atoms with van der Waals surface area (Å²) in [5.74, 6) is 0.722. The largest absolute Gasteiger partial charge is 0.389 e. The molecule has 0 fully saturated rings. The lowest BCUT2D eigenvalue weighted by atomic mass is 9.85. The van der Waals surface area contributed by atoms with E-state index in [1.807, 2.05) is 0 Å². The summed E-state index contributed by atoms with van der Waals surface area (Å²) in [5, 5.41) is 12.8. The maximum absolute atomic E-state index is 11.1. The first-order valence-electron chi connectivity index (χ1n) is 7.28. The first kappa shape index (κ1) is 17.1. The Bertz CT molecular complexity index is 342. The molecule has 1 amide bonds. The van der Waals surface area contributed by atoms with E-state index in [0.717, 1.165) is 12.8 Å². The minimum Gasteiger partial charge on any atom is -0.389 e. The van der Waals surface area contributed by atoms with E-state index >= 15 is 0 Å². The van der Waals surface area contributed by atoms with Gasteiger partial charge in [-0.2, -0.15) is 0 Å². The van der Waals surface area contributed by atoms with Crippen LogP contribution in [0.2, 0.25) is 0 Å². The van der Waals surface area contributed by atoms with Crippen molar-refractivity contribution in [1.29, 1.82) is 0 Å². The zero-order chi connectivity index (χ0) is 15.2.